The van der Waals surface area contributed by atoms with E-state index in [1.165, 1.54) is 6.07 Å². The molecule has 0 aliphatic carbocycles. The fourth-order valence-electron chi connectivity index (χ4n) is 1.44. The van der Waals surface area contributed by atoms with Gasteiger partial charge in [-0.15, -0.1) is 0 Å². The molecule has 4 heteroatoms. The molecule has 0 bridgehead atoms. The van der Waals surface area contributed by atoms with E-state index in [0.717, 1.165) is 12.0 Å². The van der Waals surface area contributed by atoms with Gasteiger partial charge in [0.15, 0.2) is 0 Å². The lowest BCUT2D eigenvalue weighted by atomic mass is 9.89. The predicted octanol–water partition coefficient (Wildman–Crippen LogP) is 2.34. The van der Waals surface area contributed by atoms with Gasteiger partial charge in [0.25, 0.3) is 0 Å². The van der Waals surface area contributed by atoms with Crippen molar-refractivity contribution in [3.63, 3.8) is 0 Å². The number of carbonyl (C=O) groups is 1. The van der Waals surface area contributed by atoms with Crippen molar-refractivity contribution in [2.45, 2.75) is 40.3 Å². The van der Waals surface area contributed by atoms with Gasteiger partial charge in [0.1, 0.15) is 5.82 Å². The minimum Gasteiger partial charge on any atom is -0.351 e. The number of rotatable bonds is 5. The van der Waals surface area contributed by atoms with Gasteiger partial charge >= 0.3 is 0 Å². The van der Waals surface area contributed by atoms with Gasteiger partial charge in [-0.2, -0.15) is 0 Å². The van der Waals surface area contributed by atoms with Gasteiger partial charge in [-0.3, -0.25) is 4.79 Å². The van der Waals surface area contributed by atoms with Gasteiger partial charge in [0, 0.05) is 24.1 Å². The van der Waals surface area contributed by atoms with Crippen LogP contribution in [-0.4, -0.2) is 5.91 Å². The first kappa shape index (κ1) is 14.6. The maximum absolute atomic E-state index is 13.7. The molecule has 1 aromatic carbocycles. The highest BCUT2D eigenvalue weighted by Crippen LogP contribution is 2.20. The van der Waals surface area contributed by atoms with Gasteiger partial charge in [0.05, 0.1) is 0 Å². The fraction of sp³-hybridized carbons (Fsp3) is 0.500. The average molecular weight is 252 g/mol. The van der Waals surface area contributed by atoms with E-state index in [4.69, 9.17) is 5.73 Å². The molecule has 0 aromatic heterocycles. The summed E-state index contributed by atoms with van der Waals surface area (Å²) in [7, 11) is 0. The summed E-state index contributed by atoms with van der Waals surface area (Å²) < 4.78 is 13.7. The molecule has 0 fully saturated rings. The monoisotopic (exact) mass is 252 g/mol. The van der Waals surface area contributed by atoms with Gasteiger partial charge in [-0.1, -0.05) is 32.9 Å². The van der Waals surface area contributed by atoms with E-state index in [1.54, 1.807) is 12.1 Å². The second-order valence-electron chi connectivity index (χ2n) is 5.05. The second-order valence-corrected chi connectivity index (χ2v) is 5.05. The molecule has 3 N–H and O–H groups in total. The molecule has 18 heavy (non-hydrogen) atoms. The normalized spacial score (nSPS) is 11.4. The summed E-state index contributed by atoms with van der Waals surface area (Å²) in [5.74, 6) is -0.389. The van der Waals surface area contributed by atoms with Crippen LogP contribution in [-0.2, 0) is 17.9 Å². The summed E-state index contributed by atoms with van der Waals surface area (Å²) in [5, 5.41) is 2.76. The summed E-state index contributed by atoms with van der Waals surface area (Å²) in [5.41, 5.74) is 6.23. The van der Waals surface area contributed by atoms with Crippen LogP contribution in [0, 0.1) is 11.2 Å². The molecular weight excluding hydrogens is 231 g/mol. The first-order chi connectivity index (χ1) is 8.40. The summed E-state index contributed by atoms with van der Waals surface area (Å²) >= 11 is 0. The van der Waals surface area contributed by atoms with Crippen LogP contribution in [0.3, 0.4) is 0 Å². The van der Waals surface area contributed by atoms with E-state index in [1.807, 2.05) is 20.8 Å². The van der Waals surface area contributed by atoms with Gasteiger partial charge in [-0.25, -0.2) is 4.39 Å². The molecule has 0 saturated carbocycles. The Hall–Kier alpha value is -1.42. The van der Waals surface area contributed by atoms with Crippen LogP contribution >= 0.6 is 0 Å². The molecule has 0 aliphatic rings. The second kappa shape index (κ2) is 5.96. The Morgan fingerprint density at radius 1 is 1.44 bits per heavy atom. The topological polar surface area (TPSA) is 55.1 Å². The lowest BCUT2D eigenvalue weighted by Gasteiger charge is -2.21. The van der Waals surface area contributed by atoms with Crippen molar-refractivity contribution >= 4 is 5.91 Å². The zero-order chi connectivity index (χ0) is 13.8. The largest absolute Gasteiger partial charge is 0.351 e. The number of nitrogens with one attached hydrogen (secondary N) is 1. The number of nitrogens with two attached hydrogens (primary N) is 1. The van der Waals surface area contributed by atoms with Gasteiger partial charge < -0.3 is 11.1 Å². The van der Waals surface area contributed by atoms with E-state index in [-0.39, 0.29) is 18.3 Å². The number of hydrogen-bond donors (Lipinski definition) is 2. The van der Waals surface area contributed by atoms with Crippen molar-refractivity contribution in [2.75, 3.05) is 0 Å². The molecule has 100 valence electrons. The van der Waals surface area contributed by atoms with Crippen molar-refractivity contribution in [3.8, 4) is 0 Å². The Morgan fingerprint density at radius 3 is 2.61 bits per heavy atom. The first-order valence-electron chi connectivity index (χ1n) is 6.16. The van der Waals surface area contributed by atoms with Crippen LogP contribution in [0.2, 0.25) is 0 Å². The zero-order valence-electron chi connectivity index (χ0n) is 11.2. The highest BCUT2D eigenvalue weighted by Gasteiger charge is 2.24. The van der Waals surface area contributed by atoms with Crippen molar-refractivity contribution < 1.29 is 9.18 Å². The van der Waals surface area contributed by atoms with Crippen LogP contribution in [0.5, 0.6) is 0 Å². The van der Waals surface area contributed by atoms with E-state index in [9.17, 15) is 9.18 Å². The third kappa shape index (κ3) is 3.53. The van der Waals surface area contributed by atoms with E-state index in [2.05, 4.69) is 5.32 Å². The van der Waals surface area contributed by atoms with Crippen LogP contribution in [0.1, 0.15) is 38.3 Å². The minimum atomic E-state index is -0.423. The molecule has 1 amide bonds. The predicted molar refractivity (Wildman–Crippen MR) is 70.2 cm³/mol. The average Bonchev–Trinajstić information content (AvgIpc) is 2.36. The van der Waals surface area contributed by atoms with Crippen LogP contribution in [0.4, 0.5) is 4.39 Å². The Labute approximate surface area is 108 Å². The summed E-state index contributed by atoms with van der Waals surface area (Å²) in [6.07, 6.45) is 0.743. The Morgan fingerprint density at radius 2 is 2.11 bits per heavy atom. The molecule has 0 spiro atoms. The van der Waals surface area contributed by atoms with Crippen molar-refractivity contribution in [2.24, 2.45) is 11.1 Å². The summed E-state index contributed by atoms with van der Waals surface area (Å²) in [4.78, 5) is 11.9. The third-order valence-corrected chi connectivity index (χ3v) is 3.29. The highest BCUT2D eigenvalue weighted by molar-refractivity contribution is 5.81. The lowest BCUT2D eigenvalue weighted by molar-refractivity contribution is -0.129. The SMILES string of the molecule is CCC(C)(C)C(=O)NCc1ccc(CN)cc1F. The maximum atomic E-state index is 13.7. The smallest absolute Gasteiger partial charge is 0.225 e. The van der Waals surface area contributed by atoms with E-state index < -0.39 is 5.41 Å². The molecule has 3 nitrogen and oxygen atoms in total. The van der Waals surface area contributed by atoms with Crippen LogP contribution in [0.25, 0.3) is 0 Å². The van der Waals surface area contributed by atoms with Gasteiger partial charge in [-0.05, 0) is 18.1 Å². The van der Waals surface area contributed by atoms with Crippen molar-refractivity contribution in [3.05, 3.63) is 35.1 Å². The fourth-order valence-corrected chi connectivity index (χ4v) is 1.44. The molecule has 1 aromatic rings. The quantitative estimate of drug-likeness (QED) is 0.845. The summed E-state index contributed by atoms with van der Waals surface area (Å²) in [6.45, 7) is 6.22. The summed E-state index contributed by atoms with van der Waals surface area (Å²) in [6, 6.07) is 4.85. The molecule has 0 radical (unpaired) electrons. The van der Waals surface area contributed by atoms with Crippen LogP contribution < -0.4 is 11.1 Å². The maximum Gasteiger partial charge on any atom is 0.225 e. The lowest BCUT2D eigenvalue weighted by Crippen LogP contribution is -2.36. The molecule has 0 atom stereocenters. The molecule has 0 heterocycles. The van der Waals surface area contributed by atoms with E-state index >= 15 is 0 Å². The zero-order valence-corrected chi connectivity index (χ0v) is 11.2. The minimum absolute atomic E-state index is 0.0627. The highest BCUT2D eigenvalue weighted by atomic mass is 19.1. The van der Waals surface area contributed by atoms with E-state index in [0.29, 0.717) is 12.1 Å². The Kier molecular flexibility index (Phi) is 4.84. The molecular formula is C14H21FN2O. The Balaban J connectivity index is 2.67. The molecule has 0 aliphatic heterocycles. The number of halogens is 1. The standard InChI is InChI=1S/C14H21FN2O/c1-4-14(2,3)13(18)17-9-11-6-5-10(8-16)7-12(11)15/h5-7H,4,8-9,16H2,1-3H3,(H,17,18). The number of carbonyl (C=O) groups excluding carboxylic acids is 1. The van der Waals surface area contributed by atoms with Crippen molar-refractivity contribution in [1.82, 2.24) is 5.32 Å². The molecule has 0 saturated heterocycles. The Bertz CT molecular complexity index is 430. The van der Waals surface area contributed by atoms with Crippen LogP contribution in [0.15, 0.2) is 18.2 Å². The number of benzene rings is 1. The number of hydrogen-bond acceptors (Lipinski definition) is 2. The van der Waals surface area contributed by atoms with Crippen molar-refractivity contribution in [1.29, 1.82) is 0 Å². The van der Waals surface area contributed by atoms with Gasteiger partial charge in [0.2, 0.25) is 5.91 Å². The molecule has 1 rings (SSSR count). The molecule has 0 unspecified atom stereocenters. The number of amides is 1. The first-order valence-corrected chi connectivity index (χ1v) is 6.16. The third-order valence-electron chi connectivity index (χ3n) is 3.29.